The fourth-order valence-electron chi connectivity index (χ4n) is 2.32. The Kier molecular flexibility index (Phi) is 2.45. The SMILES string of the molecule is COc1ccc2c(=O)n(C[C@@H]3[C@@H](C)C3(F)F)oc2c1. The van der Waals surface area contributed by atoms with E-state index in [-0.39, 0.29) is 12.1 Å². The Morgan fingerprint density at radius 3 is 2.74 bits per heavy atom. The van der Waals surface area contributed by atoms with Crippen molar-refractivity contribution in [2.24, 2.45) is 11.8 Å². The van der Waals surface area contributed by atoms with Crippen molar-refractivity contribution in [3.8, 4) is 5.75 Å². The largest absolute Gasteiger partial charge is 0.497 e. The van der Waals surface area contributed by atoms with Crippen LogP contribution < -0.4 is 10.3 Å². The first-order chi connectivity index (χ1) is 8.95. The van der Waals surface area contributed by atoms with Gasteiger partial charge in [-0.15, -0.1) is 0 Å². The first kappa shape index (κ1) is 12.2. The van der Waals surface area contributed by atoms with Gasteiger partial charge in [0.2, 0.25) is 0 Å². The van der Waals surface area contributed by atoms with Gasteiger partial charge in [-0.25, -0.2) is 8.78 Å². The first-order valence-corrected chi connectivity index (χ1v) is 6.01. The van der Waals surface area contributed by atoms with Gasteiger partial charge >= 0.3 is 0 Å². The molecule has 1 saturated carbocycles. The maximum absolute atomic E-state index is 13.2. The lowest BCUT2D eigenvalue weighted by molar-refractivity contribution is 0.0779. The molecule has 19 heavy (non-hydrogen) atoms. The second-order valence-electron chi connectivity index (χ2n) is 4.89. The number of benzene rings is 1. The minimum absolute atomic E-state index is 0.0933. The molecule has 2 atom stereocenters. The van der Waals surface area contributed by atoms with Crippen LogP contribution in [0.3, 0.4) is 0 Å². The molecule has 3 rings (SSSR count). The van der Waals surface area contributed by atoms with Crippen LogP contribution in [0.4, 0.5) is 8.78 Å². The van der Waals surface area contributed by atoms with Crippen molar-refractivity contribution in [2.45, 2.75) is 19.4 Å². The van der Waals surface area contributed by atoms with Crippen LogP contribution in [0, 0.1) is 11.8 Å². The average Bonchev–Trinajstić information content (AvgIpc) is 2.71. The lowest BCUT2D eigenvalue weighted by atomic mass is 10.2. The van der Waals surface area contributed by atoms with Crippen LogP contribution in [0.15, 0.2) is 27.5 Å². The standard InChI is InChI=1S/C13H13F2NO3/c1-7-10(13(7,14)15)6-16-12(17)9-4-3-8(18-2)5-11(9)19-16/h3-5,7,10H,6H2,1-2H3/t7-,10-/m1/s1. The smallest absolute Gasteiger partial charge is 0.290 e. The van der Waals surface area contributed by atoms with E-state index < -0.39 is 17.8 Å². The van der Waals surface area contributed by atoms with Gasteiger partial charge in [-0.1, -0.05) is 6.92 Å². The maximum atomic E-state index is 13.2. The molecule has 1 aromatic carbocycles. The molecule has 0 amide bonds. The fourth-order valence-corrected chi connectivity index (χ4v) is 2.32. The summed E-state index contributed by atoms with van der Waals surface area (Å²) in [6.07, 6.45) is 0. The van der Waals surface area contributed by atoms with Gasteiger partial charge in [-0.05, 0) is 12.1 Å². The molecule has 0 unspecified atom stereocenters. The van der Waals surface area contributed by atoms with Gasteiger partial charge in [-0.3, -0.25) is 4.79 Å². The van der Waals surface area contributed by atoms with E-state index in [2.05, 4.69) is 0 Å². The summed E-state index contributed by atoms with van der Waals surface area (Å²) in [4.78, 5) is 12.0. The Bertz CT molecular complexity index is 689. The number of hydrogen-bond acceptors (Lipinski definition) is 3. The monoisotopic (exact) mass is 269 g/mol. The molecule has 6 heteroatoms. The predicted molar refractivity (Wildman–Crippen MR) is 64.6 cm³/mol. The highest BCUT2D eigenvalue weighted by atomic mass is 19.3. The Morgan fingerprint density at radius 2 is 2.16 bits per heavy atom. The quantitative estimate of drug-likeness (QED) is 0.860. The van der Waals surface area contributed by atoms with E-state index in [0.717, 1.165) is 4.74 Å². The molecule has 1 aliphatic carbocycles. The number of rotatable bonds is 3. The van der Waals surface area contributed by atoms with Crippen LogP contribution >= 0.6 is 0 Å². The van der Waals surface area contributed by atoms with Crippen LogP contribution in [-0.2, 0) is 6.54 Å². The number of methoxy groups -OCH3 is 1. The Balaban J connectivity index is 1.97. The fraction of sp³-hybridized carbons (Fsp3) is 0.462. The molecular weight excluding hydrogens is 256 g/mol. The average molecular weight is 269 g/mol. The third-order valence-corrected chi connectivity index (χ3v) is 3.81. The van der Waals surface area contributed by atoms with Gasteiger partial charge in [0.15, 0.2) is 5.58 Å². The van der Waals surface area contributed by atoms with Crippen molar-refractivity contribution in [3.63, 3.8) is 0 Å². The molecule has 0 N–H and O–H groups in total. The number of hydrogen-bond donors (Lipinski definition) is 0. The number of fused-ring (bicyclic) bond motifs is 1. The number of nitrogens with zero attached hydrogens (tertiary/aromatic N) is 1. The highest BCUT2D eigenvalue weighted by molar-refractivity contribution is 5.77. The summed E-state index contributed by atoms with van der Waals surface area (Å²) in [5.74, 6) is -3.68. The van der Waals surface area contributed by atoms with Gasteiger partial charge < -0.3 is 9.26 Å². The molecule has 1 aliphatic rings. The summed E-state index contributed by atoms with van der Waals surface area (Å²) < 4.78 is 37.8. The van der Waals surface area contributed by atoms with Gasteiger partial charge in [0.05, 0.1) is 25.0 Å². The van der Waals surface area contributed by atoms with Gasteiger partial charge in [0, 0.05) is 12.0 Å². The molecular formula is C13H13F2NO3. The van der Waals surface area contributed by atoms with Crippen molar-refractivity contribution in [3.05, 3.63) is 28.6 Å². The number of halogens is 2. The molecule has 1 fully saturated rings. The summed E-state index contributed by atoms with van der Waals surface area (Å²) in [5.41, 5.74) is -0.0338. The minimum Gasteiger partial charge on any atom is -0.497 e. The van der Waals surface area contributed by atoms with Crippen LogP contribution in [0.2, 0.25) is 0 Å². The third-order valence-electron chi connectivity index (χ3n) is 3.81. The molecule has 102 valence electrons. The van der Waals surface area contributed by atoms with Crippen LogP contribution in [-0.4, -0.2) is 17.8 Å². The molecule has 0 aliphatic heterocycles. The normalized spacial score (nSPS) is 24.6. The van der Waals surface area contributed by atoms with E-state index in [1.807, 2.05) is 0 Å². The number of aromatic nitrogens is 1. The van der Waals surface area contributed by atoms with Crippen molar-refractivity contribution in [1.29, 1.82) is 0 Å². The molecule has 1 aromatic heterocycles. The maximum Gasteiger partial charge on any atom is 0.290 e. The van der Waals surface area contributed by atoms with Crippen LogP contribution in [0.25, 0.3) is 11.0 Å². The zero-order valence-electron chi connectivity index (χ0n) is 10.5. The van der Waals surface area contributed by atoms with Crippen LogP contribution in [0.5, 0.6) is 5.75 Å². The van der Waals surface area contributed by atoms with Gasteiger partial charge in [0.1, 0.15) is 5.75 Å². The van der Waals surface area contributed by atoms with Crippen molar-refractivity contribution in [1.82, 2.24) is 4.74 Å². The van der Waals surface area contributed by atoms with Gasteiger partial charge in [-0.2, -0.15) is 4.74 Å². The van der Waals surface area contributed by atoms with E-state index in [4.69, 9.17) is 9.26 Å². The van der Waals surface area contributed by atoms with E-state index in [0.29, 0.717) is 16.7 Å². The van der Waals surface area contributed by atoms with Gasteiger partial charge in [0.25, 0.3) is 11.5 Å². The Hall–Kier alpha value is -1.85. The molecule has 4 nitrogen and oxygen atoms in total. The first-order valence-electron chi connectivity index (χ1n) is 6.01. The van der Waals surface area contributed by atoms with E-state index >= 15 is 0 Å². The number of alkyl halides is 2. The van der Waals surface area contributed by atoms with Crippen molar-refractivity contribution < 1.29 is 18.0 Å². The zero-order chi connectivity index (χ0) is 13.8. The molecule has 0 bridgehead atoms. The second kappa shape index (κ2) is 3.82. The van der Waals surface area contributed by atoms with E-state index in [9.17, 15) is 13.6 Å². The summed E-state index contributed by atoms with van der Waals surface area (Å²) in [5, 5.41) is 0.373. The predicted octanol–water partition coefficient (Wildman–Crippen LogP) is 2.50. The summed E-state index contributed by atoms with van der Waals surface area (Å²) in [6.45, 7) is 1.38. The van der Waals surface area contributed by atoms with E-state index in [1.54, 1.807) is 18.2 Å². The summed E-state index contributed by atoms with van der Waals surface area (Å²) >= 11 is 0. The Morgan fingerprint density at radius 1 is 1.47 bits per heavy atom. The van der Waals surface area contributed by atoms with Crippen molar-refractivity contribution in [2.75, 3.05) is 7.11 Å². The zero-order valence-corrected chi connectivity index (χ0v) is 10.5. The molecule has 0 radical (unpaired) electrons. The Labute approximate surface area is 107 Å². The lowest BCUT2D eigenvalue weighted by Crippen LogP contribution is -2.17. The van der Waals surface area contributed by atoms with Crippen molar-refractivity contribution >= 4 is 11.0 Å². The number of ether oxygens (including phenoxy) is 1. The molecule has 1 heterocycles. The highest BCUT2D eigenvalue weighted by Gasteiger charge is 2.65. The molecule has 0 spiro atoms. The molecule has 2 aromatic rings. The lowest BCUT2D eigenvalue weighted by Gasteiger charge is -1.97. The summed E-state index contributed by atoms with van der Waals surface area (Å²) in [6, 6.07) is 4.78. The van der Waals surface area contributed by atoms with E-state index in [1.165, 1.54) is 14.0 Å². The summed E-state index contributed by atoms with van der Waals surface area (Å²) in [7, 11) is 1.50. The highest BCUT2D eigenvalue weighted by Crippen LogP contribution is 2.55. The minimum atomic E-state index is -2.70. The second-order valence-corrected chi connectivity index (χ2v) is 4.89. The van der Waals surface area contributed by atoms with Crippen LogP contribution in [0.1, 0.15) is 6.92 Å². The topological polar surface area (TPSA) is 44.4 Å². The molecule has 0 saturated heterocycles. The third kappa shape index (κ3) is 1.74.